The Bertz CT molecular complexity index is 765. The average molecular weight is 531 g/mol. The monoisotopic (exact) mass is 530 g/mol. The van der Waals surface area contributed by atoms with Gasteiger partial charge in [-0.05, 0) is 30.5 Å². The number of ether oxygens (including phenoxy) is 1. The highest BCUT2D eigenvalue weighted by atomic mass is 127. The molecule has 1 aliphatic rings. The number of pyridine rings is 1. The van der Waals surface area contributed by atoms with Crippen molar-refractivity contribution >= 4 is 45.9 Å². The van der Waals surface area contributed by atoms with Crippen LogP contribution in [0.15, 0.2) is 52.1 Å². The predicted octanol–water partition coefficient (Wildman–Crippen LogP) is 3.87. The van der Waals surface area contributed by atoms with Crippen molar-refractivity contribution in [2.75, 3.05) is 20.7 Å². The van der Waals surface area contributed by atoms with E-state index >= 15 is 0 Å². The molecule has 5 nitrogen and oxygen atoms in total. The molecule has 0 spiro atoms. The first-order valence-electron chi connectivity index (χ1n) is 8.36. The van der Waals surface area contributed by atoms with Crippen molar-refractivity contribution < 1.29 is 4.74 Å². The lowest BCUT2D eigenvalue weighted by Crippen LogP contribution is -2.41. The topological polar surface area (TPSA) is 58.5 Å². The fourth-order valence-corrected chi connectivity index (χ4v) is 3.68. The zero-order valence-electron chi connectivity index (χ0n) is 15.0. The molecule has 1 fully saturated rings. The van der Waals surface area contributed by atoms with Crippen molar-refractivity contribution in [2.45, 2.75) is 24.8 Å². The van der Waals surface area contributed by atoms with Crippen LogP contribution >= 0.6 is 39.9 Å². The number of guanidine groups is 1. The largest absolute Gasteiger partial charge is 0.481 e. The van der Waals surface area contributed by atoms with Crippen LogP contribution in [0.5, 0.6) is 5.88 Å². The fourth-order valence-electron chi connectivity index (χ4n) is 2.98. The van der Waals surface area contributed by atoms with Crippen molar-refractivity contribution in [2.24, 2.45) is 4.99 Å². The number of nitrogens with zero attached hydrogens (tertiary/aromatic N) is 2. The Labute approximate surface area is 180 Å². The number of aromatic nitrogens is 1. The summed E-state index contributed by atoms with van der Waals surface area (Å²) in [6.45, 7) is 1.47. The molecule has 0 aliphatic heterocycles. The first-order valence-corrected chi connectivity index (χ1v) is 9.15. The second kappa shape index (κ2) is 9.55. The minimum Gasteiger partial charge on any atom is -0.481 e. The summed E-state index contributed by atoms with van der Waals surface area (Å²) in [5, 5.41) is 6.80. The summed E-state index contributed by atoms with van der Waals surface area (Å²) in [6.07, 6.45) is 4.11. The number of hydrogen-bond acceptors (Lipinski definition) is 3. The fraction of sp³-hybridized carbons (Fsp3) is 0.368. The SMILES string of the molecule is CN=C(NCc1cccnc1OC)NCC1(c2ccccc2Br)CC1.I. The standard InChI is InChI=1S/C19H23BrN4O.HI/c1-21-18(23-12-14-6-5-11-22-17(14)25-2)24-13-19(9-10-19)15-7-3-4-8-16(15)20;/h3-8,11H,9-10,12-13H2,1-2H3,(H2,21,23,24);1H. The van der Waals surface area contributed by atoms with Crippen LogP contribution in [0.4, 0.5) is 0 Å². The average Bonchev–Trinajstić information content (AvgIpc) is 3.43. The quantitative estimate of drug-likeness (QED) is 0.338. The first kappa shape index (κ1) is 21.0. The molecule has 7 heteroatoms. The molecule has 26 heavy (non-hydrogen) atoms. The summed E-state index contributed by atoms with van der Waals surface area (Å²) < 4.78 is 6.47. The summed E-state index contributed by atoms with van der Waals surface area (Å²) in [7, 11) is 3.42. The van der Waals surface area contributed by atoms with E-state index in [4.69, 9.17) is 4.74 Å². The highest BCUT2D eigenvalue weighted by Gasteiger charge is 2.45. The smallest absolute Gasteiger partial charge is 0.218 e. The molecule has 0 unspecified atom stereocenters. The van der Waals surface area contributed by atoms with Gasteiger partial charge >= 0.3 is 0 Å². The Morgan fingerprint density at radius 1 is 1.23 bits per heavy atom. The van der Waals surface area contributed by atoms with Crippen LogP contribution < -0.4 is 15.4 Å². The van der Waals surface area contributed by atoms with Crippen molar-refractivity contribution in [3.8, 4) is 5.88 Å². The minimum atomic E-state index is 0. The van der Waals surface area contributed by atoms with E-state index in [9.17, 15) is 0 Å². The van der Waals surface area contributed by atoms with Crippen molar-refractivity contribution in [3.05, 3.63) is 58.2 Å². The molecule has 3 rings (SSSR count). The van der Waals surface area contributed by atoms with Crippen LogP contribution in [0.1, 0.15) is 24.0 Å². The van der Waals surface area contributed by atoms with Crippen LogP contribution in [0.3, 0.4) is 0 Å². The number of benzene rings is 1. The lowest BCUT2D eigenvalue weighted by Gasteiger charge is -2.20. The molecule has 1 heterocycles. The van der Waals surface area contributed by atoms with E-state index in [1.54, 1.807) is 20.4 Å². The van der Waals surface area contributed by atoms with Gasteiger partial charge in [-0.25, -0.2) is 4.98 Å². The summed E-state index contributed by atoms with van der Waals surface area (Å²) in [5.41, 5.74) is 2.57. The van der Waals surface area contributed by atoms with Crippen molar-refractivity contribution in [3.63, 3.8) is 0 Å². The van der Waals surface area contributed by atoms with Gasteiger partial charge in [-0.1, -0.05) is 40.2 Å². The highest BCUT2D eigenvalue weighted by molar-refractivity contribution is 14.0. The Hall–Kier alpha value is -1.35. The number of aliphatic imine (C=N–C) groups is 1. The van der Waals surface area contributed by atoms with E-state index in [0.29, 0.717) is 12.4 Å². The summed E-state index contributed by atoms with van der Waals surface area (Å²) in [4.78, 5) is 8.54. The maximum Gasteiger partial charge on any atom is 0.218 e. The normalized spacial score (nSPS) is 15.0. The van der Waals surface area contributed by atoms with Crippen LogP contribution in [0.25, 0.3) is 0 Å². The number of methoxy groups -OCH3 is 1. The molecule has 0 atom stereocenters. The maximum absolute atomic E-state index is 5.29. The predicted molar refractivity (Wildman–Crippen MR) is 119 cm³/mol. The van der Waals surface area contributed by atoms with Gasteiger partial charge < -0.3 is 15.4 Å². The van der Waals surface area contributed by atoms with Crippen molar-refractivity contribution in [1.82, 2.24) is 15.6 Å². The van der Waals surface area contributed by atoms with E-state index in [2.05, 4.69) is 60.8 Å². The molecule has 1 saturated carbocycles. The Morgan fingerprint density at radius 3 is 2.65 bits per heavy atom. The number of rotatable bonds is 6. The van der Waals surface area contributed by atoms with E-state index < -0.39 is 0 Å². The molecule has 2 aromatic rings. The first-order chi connectivity index (χ1) is 12.2. The highest BCUT2D eigenvalue weighted by Crippen LogP contribution is 2.49. The lowest BCUT2D eigenvalue weighted by atomic mass is 9.96. The molecule has 1 aromatic carbocycles. The summed E-state index contributed by atoms with van der Waals surface area (Å²) >= 11 is 3.68. The van der Waals surface area contributed by atoms with Gasteiger partial charge in [0.25, 0.3) is 0 Å². The third-order valence-electron chi connectivity index (χ3n) is 4.61. The molecule has 0 radical (unpaired) electrons. The van der Waals surface area contributed by atoms with E-state index in [1.807, 2.05) is 12.1 Å². The minimum absolute atomic E-state index is 0. The Kier molecular flexibility index (Phi) is 7.69. The Morgan fingerprint density at radius 2 is 2.00 bits per heavy atom. The molecule has 2 N–H and O–H groups in total. The number of halogens is 2. The van der Waals surface area contributed by atoms with Gasteiger partial charge in [0.05, 0.1) is 7.11 Å². The van der Waals surface area contributed by atoms with Gasteiger partial charge in [-0.3, -0.25) is 4.99 Å². The van der Waals surface area contributed by atoms with Crippen molar-refractivity contribution in [1.29, 1.82) is 0 Å². The zero-order chi connectivity index (χ0) is 17.7. The number of hydrogen-bond donors (Lipinski definition) is 2. The Balaban J connectivity index is 0.00000243. The van der Waals surface area contributed by atoms with Crippen LogP contribution in [0.2, 0.25) is 0 Å². The lowest BCUT2D eigenvalue weighted by molar-refractivity contribution is 0.392. The number of nitrogens with one attached hydrogen (secondary N) is 2. The van der Waals surface area contributed by atoms with Gasteiger partial charge in [-0.2, -0.15) is 0 Å². The molecule has 1 aromatic heterocycles. The molecule has 1 aliphatic carbocycles. The molecular formula is C19H24BrIN4O. The van der Waals surface area contributed by atoms with Crippen LogP contribution in [-0.4, -0.2) is 31.6 Å². The third-order valence-corrected chi connectivity index (χ3v) is 5.30. The molecular weight excluding hydrogens is 507 g/mol. The van der Waals surface area contributed by atoms with Gasteiger partial charge in [-0.15, -0.1) is 24.0 Å². The van der Waals surface area contributed by atoms with E-state index in [-0.39, 0.29) is 29.4 Å². The molecule has 0 amide bonds. The maximum atomic E-state index is 5.29. The molecule has 140 valence electrons. The van der Waals surface area contributed by atoms with Gasteiger partial charge in [0, 0.05) is 41.8 Å². The van der Waals surface area contributed by atoms with Gasteiger partial charge in [0.2, 0.25) is 5.88 Å². The third kappa shape index (κ3) is 4.88. The van der Waals surface area contributed by atoms with E-state index in [0.717, 1.165) is 18.1 Å². The van der Waals surface area contributed by atoms with Crippen LogP contribution in [0, 0.1) is 0 Å². The van der Waals surface area contributed by atoms with E-state index in [1.165, 1.54) is 22.9 Å². The van der Waals surface area contributed by atoms with Crippen LogP contribution in [-0.2, 0) is 12.0 Å². The summed E-state index contributed by atoms with van der Waals surface area (Å²) in [5.74, 6) is 1.42. The summed E-state index contributed by atoms with van der Waals surface area (Å²) in [6, 6.07) is 12.4. The second-order valence-electron chi connectivity index (χ2n) is 6.21. The molecule has 0 saturated heterocycles. The zero-order valence-corrected chi connectivity index (χ0v) is 18.9. The second-order valence-corrected chi connectivity index (χ2v) is 7.07. The van der Waals surface area contributed by atoms with Gasteiger partial charge in [0.15, 0.2) is 5.96 Å². The van der Waals surface area contributed by atoms with Gasteiger partial charge in [0.1, 0.15) is 0 Å². The molecule has 0 bridgehead atoms.